The molecule has 0 saturated carbocycles. The van der Waals surface area contributed by atoms with Gasteiger partial charge in [-0.3, -0.25) is 4.90 Å². The summed E-state index contributed by atoms with van der Waals surface area (Å²) in [6.07, 6.45) is 5.31. The molecule has 0 atom stereocenters. The topological polar surface area (TPSA) is 132 Å². The number of fused-ring (bicyclic) bond motifs is 3. The van der Waals surface area contributed by atoms with Gasteiger partial charge in [0.2, 0.25) is 5.89 Å². The molecule has 5 aromatic rings. The van der Waals surface area contributed by atoms with Crippen LogP contribution >= 0.6 is 0 Å². The van der Waals surface area contributed by atoms with E-state index in [0.717, 1.165) is 42.7 Å². The van der Waals surface area contributed by atoms with Gasteiger partial charge in [-0.05, 0) is 38.0 Å². The van der Waals surface area contributed by atoms with Gasteiger partial charge in [-0.2, -0.15) is 4.98 Å². The second kappa shape index (κ2) is 9.36. The lowest BCUT2D eigenvalue weighted by Crippen LogP contribution is -2.34. The molecular formula is C25H27N7O4S. The standard InChI is InChI=1S/C25H27N7O4S/c1-17-27-23(36-29-17)16-30-11-7-18(8-12-30)32-22(10-14-33)28-21-15-26-25-20(24(21)32)9-13-31(25)37(34,35)19-5-3-2-4-6-19/h2-6,9,13,15,18,33H,7-8,10-12,14,16H2,1H3. The molecule has 5 heterocycles. The molecule has 1 aliphatic rings. The highest BCUT2D eigenvalue weighted by Gasteiger charge is 2.28. The molecule has 1 aromatic carbocycles. The van der Waals surface area contributed by atoms with Crippen LogP contribution in [0.1, 0.15) is 36.4 Å². The number of hydrogen-bond acceptors (Lipinski definition) is 9. The van der Waals surface area contributed by atoms with Crippen molar-refractivity contribution in [2.45, 2.75) is 43.7 Å². The van der Waals surface area contributed by atoms with E-state index in [4.69, 9.17) is 9.51 Å². The molecule has 0 aliphatic carbocycles. The zero-order chi connectivity index (χ0) is 25.6. The van der Waals surface area contributed by atoms with Crippen LogP contribution in [0.25, 0.3) is 22.1 Å². The van der Waals surface area contributed by atoms with Gasteiger partial charge in [-0.25, -0.2) is 22.4 Å². The lowest BCUT2D eigenvalue weighted by atomic mass is 10.0. The Kier molecular flexibility index (Phi) is 6.01. The van der Waals surface area contributed by atoms with Crippen LogP contribution in [-0.2, 0) is 23.0 Å². The largest absolute Gasteiger partial charge is 0.396 e. The molecular weight excluding hydrogens is 494 g/mol. The summed E-state index contributed by atoms with van der Waals surface area (Å²) in [5.41, 5.74) is 1.90. The van der Waals surface area contributed by atoms with Gasteiger partial charge < -0.3 is 14.2 Å². The predicted molar refractivity (Wildman–Crippen MR) is 135 cm³/mol. The normalized spacial score (nSPS) is 15.7. The number of imidazole rings is 1. The van der Waals surface area contributed by atoms with E-state index >= 15 is 0 Å². The Bertz CT molecular complexity index is 1670. The van der Waals surface area contributed by atoms with E-state index in [0.29, 0.717) is 35.8 Å². The van der Waals surface area contributed by atoms with Gasteiger partial charge in [-0.1, -0.05) is 23.4 Å². The Labute approximate surface area is 213 Å². The van der Waals surface area contributed by atoms with Crippen LogP contribution in [0.15, 0.2) is 58.2 Å². The third-order valence-electron chi connectivity index (χ3n) is 6.89. The van der Waals surface area contributed by atoms with Crippen molar-refractivity contribution in [3.63, 3.8) is 0 Å². The second-order valence-electron chi connectivity index (χ2n) is 9.27. The molecule has 6 rings (SSSR count). The van der Waals surface area contributed by atoms with E-state index in [2.05, 4.69) is 24.6 Å². The number of likely N-dealkylation sites (tertiary alicyclic amines) is 1. The summed E-state index contributed by atoms with van der Waals surface area (Å²) < 4.78 is 35.4. The number of hydrogen-bond donors (Lipinski definition) is 1. The van der Waals surface area contributed by atoms with Crippen LogP contribution < -0.4 is 0 Å². The number of aryl methyl sites for hydroxylation is 1. The fourth-order valence-electron chi connectivity index (χ4n) is 5.20. The van der Waals surface area contributed by atoms with E-state index in [1.165, 1.54) is 3.97 Å². The Morgan fingerprint density at radius 2 is 1.89 bits per heavy atom. The highest BCUT2D eigenvalue weighted by Crippen LogP contribution is 2.34. The molecule has 1 aliphatic heterocycles. The van der Waals surface area contributed by atoms with E-state index < -0.39 is 10.0 Å². The van der Waals surface area contributed by atoms with E-state index in [1.54, 1.807) is 55.7 Å². The SMILES string of the molecule is Cc1noc(CN2CCC(n3c(CCO)nc4cnc5c(ccn5S(=O)(=O)c5ccccc5)c43)CC2)n1. The fraction of sp³-hybridized carbons (Fsp3) is 0.360. The zero-order valence-corrected chi connectivity index (χ0v) is 21.2. The smallest absolute Gasteiger partial charge is 0.269 e. The molecule has 0 spiro atoms. The summed E-state index contributed by atoms with van der Waals surface area (Å²) in [5, 5.41) is 14.3. The molecule has 1 saturated heterocycles. The monoisotopic (exact) mass is 521 g/mol. The lowest BCUT2D eigenvalue weighted by molar-refractivity contribution is 0.161. The van der Waals surface area contributed by atoms with Gasteiger partial charge in [0.05, 0.1) is 29.8 Å². The van der Waals surface area contributed by atoms with Gasteiger partial charge in [-0.15, -0.1) is 0 Å². The van der Waals surface area contributed by atoms with Crippen molar-refractivity contribution in [1.82, 2.24) is 33.5 Å². The number of rotatable bonds is 7. The average molecular weight is 522 g/mol. The zero-order valence-electron chi connectivity index (χ0n) is 20.4. The second-order valence-corrected chi connectivity index (χ2v) is 11.1. The maximum Gasteiger partial charge on any atom is 0.269 e. The molecule has 4 aromatic heterocycles. The van der Waals surface area contributed by atoms with Gasteiger partial charge in [0.1, 0.15) is 11.3 Å². The van der Waals surface area contributed by atoms with Crippen LogP contribution in [0.4, 0.5) is 0 Å². The molecule has 0 bridgehead atoms. The van der Waals surface area contributed by atoms with Crippen molar-refractivity contribution in [2.24, 2.45) is 0 Å². The van der Waals surface area contributed by atoms with Crippen molar-refractivity contribution < 1.29 is 18.0 Å². The first-order chi connectivity index (χ1) is 18.0. The lowest BCUT2D eigenvalue weighted by Gasteiger charge is -2.32. The highest BCUT2D eigenvalue weighted by atomic mass is 32.2. The molecule has 12 heteroatoms. The number of pyridine rings is 1. The van der Waals surface area contributed by atoms with Crippen molar-refractivity contribution in [3.05, 3.63) is 66.3 Å². The van der Waals surface area contributed by atoms with Crippen LogP contribution in [0, 0.1) is 6.92 Å². The average Bonchev–Trinajstić information content (AvgIpc) is 3.62. The minimum absolute atomic E-state index is 0.0291. The molecule has 0 radical (unpaired) electrons. The summed E-state index contributed by atoms with van der Waals surface area (Å²) in [6, 6.07) is 10.3. The van der Waals surface area contributed by atoms with Gasteiger partial charge in [0.25, 0.3) is 10.0 Å². The van der Waals surface area contributed by atoms with Crippen molar-refractivity contribution in [1.29, 1.82) is 0 Å². The van der Waals surface area contributed by atoms with Crippen LogP contribution in [0.3, 0.4) is 0 Å². The van der Waals surface area contributed by atoms with E-state index in [-0.39, 0.29) is 17.5 Å². The first kappa shape index (κ1) is 23.8. The van der Waals surface area contributed by atoms with Crippen molar-refractivity contribution in [3.8, 4) is 0 Å². The predicted octanol–water partition coefficient (Wildman–Crippen LogP) is 2.69. The van der Waals surface area contributed by atoms with Crippen molar-refractivity contribution in [2.75, 3.05) is 19.7 Å². The minimum Gasteiger partial charge on any atom is -0.396 e. The summed E-state index contributed by atoms with van der Waals surface area (Å²) in [5.74, 6) is 2.01. The van der Waals surface area contributed by atoms with Crippen molar-refractivity contribution >= 4 is 32.1 Å². The van der Waals surface area contributed by atoms with Gasteiger partial charge in [0.15, 0.2) is 11.5 Å². The summed E-state index contributed by atoms with van der Waals surface area (Å²) in [7, 11) is -3.81. The molecule has 11 nitrogen and oxygen atoms in total. The van der Waals surface area contributed by atoms with Crippen LogP contribution in [0.2, 0.25) is 0 Å². The van der Waals surface area contributed by atoms with Crippen LogP contribution in [-0.4, -0.2) is 66.8 Å². The maximum atomic E-state index is 13.4. The van der Waals surface area contributed by atoms with Crippen LogP contribution in [0.5, 0.6) is 0 Å². The fourth-order valence-corrected chi connectivity index (χ4v) is 6.52. The first-order valence-corrected chi connectivity index (χ1v) is 13.7. The Hall–Kier alpha value is -3.61. The minimum atomic E-state index is -3.81. The Balaban J connectivity index is 1.38. The van der Waals surface area contributed by atoms with E-state index in [9.17, 15) is 13.5 Å². The highest BCUT2D eigenvalue weighted by molar-refractivity contribution is 7.90. The number of aromatic nitrogens is 6. The Morgan fingerprint density at radius 1 is 1.11 bits per heavy atom. The third-order valence-corrected chi connectivity index (χ3v) is 8.57. The van der Waals surface area contributed by atoms with Gasteiger partial charge in [0, 0.05) is 37.1 Å². The Morgan fingerprint density at radius 3 is 2.59 bits per heavy atom. The van der Waals surface area contributed by atoms with E-state index in [1.807, 2.05) is 0 Å². The quantitative estimate of drug-likeness (QED) is 0.343. The molecule has 0 unspecified atom stereocenters. The summed E-state index contributed by atoms with van der Waals surface area (Å²) in [6.45, 7) is 4.05. The number of piperidine rings is 1. The third kappa shape index (κ3) is 4.20. The molecule has 192 valence electrons. The number of nitrogens with zero attached hydrogens (tertiary/aromatic N) is 7. The summed E-state index contributed by atoms with van der Waals surface area (Å²) in [4.78, 5) is 16.1. The number of benzene rings is 1. The maximum absolute atomic E-state index is 13.4. The van der Waals surface area contributed by atoms with Gasteiger partial charge >= 0.3 is 0 Å². The molecule has 37 heavy (non-hydrogen) atoms. The number of aliphatic hydroxyl groups is 1. The molecule has 1 fully saturated rings. The molecule has 0 amide bonds. The molecule has 1 N–H and O–H groups in total. The first-order valence-electron chi connectivity index (χ1n) is 12.3. The summed E-state index contributed by atoms with van der Waals surface area (Å²) >= 11 is 0. The number of aliphatic hydroxyl groups excluding tert-OH is 1.